The van der Waals surface area contributed by atoms with Crippen molar-refractivity contribution >= 4 is 11.0 Å². The molecule has 2 aromatic carbocycles. The molecule has 0 aliphatic rings. The van der Waals surface area contributed by atoms with Crippen LogP contribution in [0, 0.1) is 0 Å². The molecule has 0 saturated carbocycles. The molecule has 0 aliphatic heterocycles. The van der Waals surface area contributed by atoms with Crippen molar-refractivity contribution < 1.29 is 0 Å². The van der Waals surface area contributed by atoms with Crippen LogP contribution in [-0.2, 0) is 6.54 Å². The van der Waals surface area contributed by atoms with Crippen molar-refractivity contribution in [2.24, 2.45) is 0 Å². The molecule has 8 nitrogen and oxygen atoms in total. The van der Waals surface area contributed by atoms with E-state index in [4.69, 9.17) is 0 Å². The number of rotatable bonds is 4. The Kier molecular flexibility index (Phi) is 3.79. The van der Waals surface area contributed by atoms with Gasteiger partial charge in [-0.3, -0.25) is 9.36 Å². The lowest BCUT2D eigenvalue weighted by atomic mass is 10.3. The molecule has 0 amide bonds. The molecule has 0 N–H and O–H groups in total. The maximum Gasteiger partial charge on any atom is 0.264 e. The maximum absolute atomic E-state index is 12.9. The fraction of sp³-hybridized carbons (Fsp3) is 0.0500. The van der Waals surface area contributed by atoms with Crippen molar-refractivity contribution in [2.45, 2.75) is 6.54 Å². The highest BCUT2D eigenvalue weighted by molar-refractivity contribution is 5.74. The Balaban J connectivity index is 1.49. The zero-order valence-corrected chi connectivity index (χ0v) is 14.8. The first-order valence-corrected chi connectivity index (χ1v) is 8.75. The molecule has 3 aromatic heterocycles. The van der Waals surface area contributed by atoms with Gasteiger partial charge in [0.25, 0.3) is 5.56 Å². The summed E-state index contributed by atoms with van der Waals surface area (Å²) in [5.41, 5.74) is 2.80. The van der Waals surface area contributed by atoms with Crippen molar-refractivity contribution in [1.82, 2.24) is 34.3 Å². The average molecular weight is 369 g/mol. The molecular weight excluding hydrogens is 354 g/mol. The molecule has 0 aliphatic carbocycles. The summed E-state index contributed by atoms with van der Waals surface area (Å²) in [6, 6.07) is 19.3. The van der Waals surface area contributed by atoms with E-state index in [-0.39, 0.29) is 12.1 Å². The Morgan fingerprint density at radius 2 is 1.61 bits per heavy atom. The number of hydrogen-bond donors (Lipinski definition) is 0. The highest BCUT2D eigenvalue weighted by Gasteiger charge is 2.12. The van der Waals surface area contributed by atoms with Crippen molar-refractivity contribution in [2.75, 3.05) is 0 Å². The van der Waals surface area contributed by atoms with Gasteiger partial charge in [0, 0.05) is 0 Å². The molecule has 28 heavy (non-hydrogen) atoms. The molecule has 0 unspecified atom stereocenters. The van der Waals surface area contributed by atoms with E-state index < -0.39 is 0 Å². The predicted molar refractivity (Wildman–Crippen MR) is 104 cm³/mol. The van der Waals surface area contributed by atoms with Gasteiger partial charge in [0.1, 0.15) is 17.4 Å². The van der Waals surface area contributed by atoms with Crippen LogP contribution in [0.4, 0.5) is 0 Å². The fourth-order valence-corrected chi connectivity index (χ4v) is 3.07. The Bertz CT molecular complexity index is 1300. The molecule has 0 spiro atoms. The maximum atomic E-state index is 12.9. The predicted octanol–water partition coefficient (Wildman–Crippen LogP) is 2.21. The van der Waals surface area contributed by atoms with Crippen molar-refractivity contribution in [3.05, 3.63) is 95.4 Å². The third-order valence-electron chi connectivity index (χ3n) is 4.45. The molecule has 136 valence electrons. The summed E-state index contributed by atoms with van der Waals surface area (Å²) in [5, 5.41) is 13.1. The minimum atomic E-state index is -0.165. The SMILES string of the molecule is O=c1c2cnn(-c3ccccc3)c2ncn1Cc1cn(-c2ccccc2)nn1. The van der Waals surface area contributed by atoms with Gasteiger partial charge in [0.2, 0.25) is 0 Å². The highest BCUT2D eigenvalue weighted by atomic mass is 16.1. The van der Waals surface area contributed by atoms with Crippen LogP contribution in [-0.4, -0.2) is 34.3 Å². The molecule has 0 saturated heterocycles. The molecular formula is C20H15N7O. The van der Waals surface area contributed by atoms with Gasteiger partial charge in [-0.25, -0.2) is 14.3 Å². The first-order chi connectivity index (χ1) is 13.8. The zero-order valence-electron chi connectivity index (χ0n) is 14.8. The summed E-state index contributed by atoms with van der Waals surface area (Å²) in [4.78, 5) is 17.3. The quantitative estimate of drug-likeness (QED) is 0.485. The van der Waals surface area contributed by atoms with Gasteiger partial charge in [-0.1, -0.05) is 41.6 Å². The van der Waals surface area contributed by atoms with Crippen molar-refractivity contribution in [3.8, 4) is 11.4 Å². The largest absolute Gasteiger partial charge is 0.292 e. The number of fused-ring (bicyclic) bond motifs is 1. The van der Waals surface area contributed by atoms with E-state index in [0.29, 0.717) is 16.7 Å². The number of hydrogen-bond acceptors (Lipinski definition) is 5. The summed E-state index contributed by atoms with van der Waals surface area (Å²) in [6.45, 7) is 0.283. The Morgan fingerprint density at radius 1 is 0.893 bits per heavy atom. The monoisotopic (exact) mass is 369 g/mol. The molecule has 5 aromatic rings. The third kappa shape index (κ3) is 2.77. The summed E-state index contributed by atoms with van der Waals surface area (Å²) >= 11 is 0. The van der Waals surface area contributed by atoms with Crippen LogP contribution in [0.25, 0.3) is 22.4 Å². The van der Waals surface area contributed by atoms with Crippen LogP contribution in [0.2, 0.25) is 0 Å². The first-order valence-electron chi connectivity index (χ1n) is 8.75. The lowest BCUT2D eigenvalue weighted by molar-refractivity contribution is 0.720. The molecule has 3 heterocycles. The minimum Gasteiger partial charge on any atom is -0.292 e. The van der Waals surface area contributed by atoms with Gasteiger partial charge in [0.05, 0.1) is 30.3 Å². The number of para-hydroxylation sites is 2. The van der Waals surface area contributed by atoms with Gasteiger partial charge >= 0.3 is 0 Å². The lowest BCUT2D eigenvalue weighted by Gasteiger charge is -2.04. The van der Waals surface area contributed by atoms with E-state index in [9.17, 15) is 4.79 Å². The van der Waals surface area contributed by atoms with Crippen molar-refractivity contribution in [1.29, 1.82) is 0 Å². The number of nitrogens with zero attached hydrogens (tertiary/aromatic N) is 7. The lowest BCUT2D eigenvalue weighted by Crippen LogP contribution is -2.21. The second-order valence-corrected chi connectivity index (χ2v) is 6.30. The van der Waals surface area contributed by atoms with Gasteiger partial charge in [0.15, 0.2) is 5.65 Å². The van der Waals surface area contributed by atoms with E-state index in [0.717, 1.165) is 11.4 Å². The van der Waals surface area contributed by atoms with Gasteiger partial charge in [-0.2, -0.15) is 5.10 Å². The van der Waals surface area contributed by atoms with Gasteiger partial charge < -0.3 is 0 Å². The zero-order chi connectivity index (χ0) is 18.9. The van der Waals surface area contributed by atoms with E-state index in [2.05, 4.69) is 20.4 Å². The van der Waals surface area contributed by atoms with E-state index in [1.54, 1.807) is 21.8 Å². The second kappa shape index (κ2) is 6.58. The van der Waals surface area contributed by atoms with E-state index >= 15 is 0 Å². The van der Waals surface area contributed by atoms with Crippen LogP contribution in [0.5, 0.6) is 0 Å². The highest BCUT2D eigenvalue weighted by Crippen LogP contribution is 2.13. The molecule has 8 heteroatoms. The summed E-state index contributed by atoms with van der Waals surface area (Å²) < 4.78 is 4.85. The van der Waals surface area contributed by atoms with Gasteiger partial charge in [-0.05, 0) is 24.3 Å². The van der Waals surface area contributed by atoms with Crippen LogP contribution < -0.4 is 5.56 Å². The van der Waals surface area contributed by atoms with Crippen LogP contribution in [0.3, 0.4) is 0 Å². The molecule has 0 bridgehead atoms. The molecule has 0 radical (unpaired) electrons. The summed E-state index contributed by atoms with van der Waals surface area (Å²) in [7, 11) is 0. The molecule has 0 fully saturated rings. The average Bonchev–Trinajstić information content (AvgIpc) is 3.39. The Morgan fingerprint density at radius 3 is 2.36 bits per heavy atom. The normalized spacial score (nSPS) is 11.1. The molecule has 5 rings (SSSR count). The minimum absolute atomic E-state index is 0.165. The van der Waals surface area contributed by atoms with E-state index in [1.807, 2.05) is 60.7 Å². The second-order valence-electron chi connectivity index (χ2n) is 6.30. The standard InChI is InChI=1S/C20H15N7O/c28-20-18-11-22-27(17-9-5-2-6-10-17)19(18)21-14-25(20)12-15-13-26(24-23-15)16-7-3-1-4-8-16/h1-11,13-14H,12H2. The Labute approximate surface area is 159 Å². The third-order valence-corrected chi connectivity index (χ3v) is 4.45. The summed E-state index contributed by atoms with van der Waals surface area (Å²) in [6.07, 6.45) is 4.88. The van der Waals surface area contributed by atoms with Crippen LogP contribution in [0.1, 0.15) is 5.69 Å². The number of benzene rings is 2. The number of aromatic nitrogens is 7. The summed E-state index contributed by atoms with van der Waals surface area (Å²) in [5.74, 6) is 0. The van der Waals surface area contributed by atoms with Crippen LogP contribution >= 0.6 is 0 Å². The van der Waals surface area contributed by atoms with Crippen molar-refractivity contribution in [3.63, 3.8) is 0 Å². The van der Waals surface area contributed by atoms with E-state index in [1.165, 1.54) is 10.9 Å². The Hall–Kier alpha value is -4.07. The fourth-order valence-electron chi connectivity index (χ4n) is 3.07. The first kappa shape index (κ1) is 16.1. The van der Waals surface area contributed by atoms with Crippen LogP contribution in [0.15, 0.2) is 84.2 Å². The topological polar surface area (TPSA) is 83.4 Å². The van der Waals surface area contributed by atoms with Gasteiger partial charge in [-0.15, -0.1) is 5.10 Å². The molecule has 0 atom stereocenters. The smallest absolute Gasteiger partial charge is 0.264 e.